The maximum absolute atomic E-state index is 12.8. The molecule has 0 fully saturated rings. The van der Waals surface area contributed by atoms with Crippen LogP contribution >= 0.6 is 0 Å². The van der Waals surface area contributed by atoms with Crippen molar-refractivity contribution in [2.75, 3.05) is 11.4 Å². The lowest BCUT2D eigenvalue weighted by molar-refractivity contribution is 0.0962. The number of rotatable bonds is 2. The Balaban J connectivity index is 1.55. The normalized spacial score (nSPS) is 18.3. The average molecular weight is 355 g/mol. The van der Waals surface area contributed by atoms with Crippen LogP contribution in [-0.4, -0.2) is 22.3 Å². The first-order chi connectivity index (χ1) is 13.2. The average Bonchev–Trinajstić information content (AvgIpc) is 3.12. The van der Waals surface area contributed by atoms with Crippen LogP contribution in [0.25, 0.3) is 0 Å². The summed E-state index contributed by atoms with van der Waals surface area (Å²) in [4.78, 5) is 24.6. The molecule has 134 valence electrons. The van der Waals surface area contributed by atoms with Crippen molar-refractivity contribution < 1.29 is 4.79 Å². The number of ketones is 1. The van der Waals surface area contributed by atoms with Gasteiger partial charge in [0.1, 0.15) is 0 Å². The van der Waals surface area contributed by atoms with E-state index in [0.717, 1.165) is 42.3 Å². The smallest absolute Gasteiger partial charge is 0.230 e. The van der Waals surface area contributed by atoms with Gasteiger partial charge in [0.05, 0.1) is 17.0 Å². The highest BCUT2D eigenvalue weighted by molar-refractivity contribution is 5.99. The second kappa shape index (κ2) is 6.31. The highest BCUT2D eigenvalue weighted by atomic mass is 16.1. The highest BCUT2D eigenvalue weighted by Gasteiger charge is 2.31. The Labute approximate surface area is 158 Å². The Morgan fingerprint density at radius 1 is 0.963 bits per heavy atom. The largest absolute Gasteiger partial charge is 0.310 e. The number of fused-ring (bicyclic) bond motifs is 2. The molecule has 2 aromatic carbocycles. The van der Waals surface area contributed by atoms with Gasteiger partial charge in [0.15, 0.2) is 5.78 Å². The summed E-state index contributed by atoms with van der Waals surface area (Å²) in [7, 11) is 0. The molecule has 1 atom stereocenters. The van der Waals surface area contributed by atoms with E-state index in [0.29, 0.717) is 6.42 Å². The van der Waals surface area contributed by atoms with Crippen LogP contribution in [0.15, 0.2) is 54.6 Å². The molecule has 4 nitrogen and oxygen atoms in total. The van der Waals surface area contributed by atoms with E-state index in [1.807, 2.05) is 25.1 Å². The van der Waals surface area contributed by atoms with E-state index < -0.39 is 0 Å². The van der Waals surface area contributed by atoms with Crippen molar-refractivity contribution >= 4 is 17.4 Å². The van der Waals surface area contributed by atoms with Crippen LogP contribution in [0.1, 0.15) is 45.2 Å². The molecule has 0 radical (unpaired) electrons. The molecule has 1 aliphatic carbocycles. The molecule has 4 heteroatoms. The minimum atomic E-state index is 0.163. The summed E-state index contributed by atoms with van der Waals surface area (Å²) in [6.07, 6.45) is 2.32. The van der Waals surface area contributed by atoms with Crippen molar-refractivity contribution in [1.82, 2.24) is 9.97 Å². The van der Waals surface area contributed by atoms with Crippen LogP contribution in [0.2, 0.25) is 0 Å². The van der Waals surface area contributed by atoms with Gasteiger partial charge in [-0.15, -0.1) is 0 Å². The van der Waals surface area contributed by atoms with Gasteiger partial charge in [0, 0.05) is 18.7 Å². The van der Waals surface area contributed by atoms with Crippen LogP contribution in [-0.2, 0) is 12.8 Å². The van der Waals surface area contributed by atoms with Gasteiger partial charge in [-0.1, -0.05) is 48.5 Å². The van der Waals surface area contributed by atoms with Gasteiger partial charge in [-0.25, -0.2) is 9.97 Å². The fourth-order valence-electron chi connectivity index (χ4n) is 4.39. The van der Waals surface area contributed by atoms with E-state index >= 15 is 0 Å². The Morgan fingerprint density at radius 2 is 1.74 bits per heavy atom. The molecule has 2 aliphatic rings. The van der Waals surface area contributed by atoms with Crippen molar-refractivity contribution in [3.63, 3.8) is 0 Å². The molecule has 0 amide bonds. The van der Waals surface area contributed by atoms with E-state index in [-0.39, 0.29) is 11.7 Å². The fraction of sp³-hybridized carbons (Fsp3) is 0.261. The van der Waals surface area contributed by atoms with Crippen molar-refractivity contribution in [3.05, 3.63) is 82.7 Å². The van der Waals surface area contributed by atoms with E-state index in [2.05, 4.69) is 41.3 Å². The molecule has 1 unspecified atom stereocenters. The molecule has 27 heavy (non-hydrogen) atoms. The number of para-hydroxylation sites is 1. The second-order valence-electron chi connectivity index (χ2n) is 7.40. The SMILES string of the molecule is Cc1nc(N2CCc3ccccc32)nc2c1C(=O)CC(c1ccccc1)C2. The lowest BCUT2D eigenvalue weighted by Gasteiger charge is -2.26. The Bertz CT molecular complexity index is 1030. The summed E-state index contributed by atoms with van der Waals surface area (Å²) in [6, 6.07) is 18.7. The molecule has 2 heterocycles. The van der Waals surface area contributed by atoms with Gasteiger partial charge in [0.2, 0.25) is 5.95 Å². The summed E-state index contributed by atoms with van der Waals surface area (Å²) >= 11 is 0. The summed E-state index contributed by atoms with van der Waals surface area (Å²) in [5, 5.41) is 0. The van der Waals surface area contributed by atoms with E-state index in [4.69, 9.17) is 9.97 Å². The molecule has 1 aromatic heterocycles. The molecule has 1 aliphatic heterocycles. The molecular weight excluding hydrogens is 334 g/mol. The molecule has 0 spiro atoms. The molecule has 3 aromatic rings. The van der Waals surface area contributed by atoms with Crippen LogP contribution < -0.4 is 4.90 Å². The molecule has 0 saturated carbocycles. The van der Waals surface area contributed by atoms with Crippen LogP contribution in [0.5, 0.6) is 0 Å². The van der Waals surface area contributed by atoms with Gasteiger partial charge in [-0.3, -0.25) is 4.79 Å². The number of carbonyl (C=O) groups excluding carboxylic acids is 1. The third kappa shape index (κ3) is 2.72. The third-order valence-electron chi connectivity index (χ3n) is 5.70. The lowest BCUT2D eigenvalue weighted by atomic mass is 9.81. The number of Topliss-reactive ketones (excluding diaryl/α,β-unsaturated/α-hetero) is 1. The van der Waals surface area contributed by atoms with Crippen LogP contribution in [0.4, 0.5) is 11.6 Å². The predicted molar refractivity (Wildman–Crippen MR) is 106 cm³/mol. The summed E-state index contributed by atoms with van der Waals surface area (Å²) in [5.74, 6) is 1.08. The van der Waals surface area contributed by atoms with Gasteiger partial charge >= 0.3 is 0 Å². The monoisotopic (exact) mass is 355 g/mol. The van der Waals surface area contributed by atoms with Gasteiger partial charge in [0.25, 0.3) is 0 Å². The van der Waals surface area contributed by atoms with Gasteiger partial charge < -0.3 is 4.90 Å². The first-order valence-corrected chi connectivity index (χ1v) is 9.52. The van der Waals surface area contributed by atoms with Crippen molar-refractivity contribution in [2.45, 2.75) is 32.1 Å². The zero-order valence-corrected chi connectivity index (χ0v) is 15.4. The van der Waals surface area contributed by atoms with Gasteiger partial charge in [-0.2, -0.15) is 0 Å². The summed E-state index contributed by atoms with van der Waals surface area (Å²) in [5.41, 5.74) is 6.15. The number of aryl methyl sites for hydroxylation is 1. The number of hydrogen-bond acceptors (Lipinski definition) is 4. The zero-order valence-electron chi connectivity index (χ0n) is 15.4. The lowest BCUT2D eigenvalue weighted by Crippen LogP contribution is -2.25. The van der Waals surface area contributed by atoms with Crippen LogP contribution in [0.3, 0.4) is 0 Å². The number of anilines is 2. The summed E-state index contributed by atoms with van der Waals surface area (Å²) in [6.45, 7) is 2.82. The number of aromatic nitrogens is 2. The number of hydrogen-bond donors (Lipinski definition) is 0. The molecule has 0 N–H and O–H groups in total. The number of nitrogens with zero attached hydrogens (tertiary/aromatic N) is 3. The minimum absolute atomic E-state index is 0.163. The first-order valence-electron chi connectivity index (χ1n) is 9.52. The maximum atomic E-state index is 12.8. The van der Waals surface area contributed by atoms with Crippen molar-refractivity contribution in [1.29, 1.82) is 0 Å². The van der Waals surface area contributed by atoms with E-state index in [1.54, 1.807) is 0 Å². The molecule has 0 bridgehead atoms. The third-order valence-corrected chi connectivity index (χ3v) is 5.70. The molecule has 5 rings (SSSR count). The van der Waals surface area contributed by atoms with Crippen molar-refractivity contribution in [2.24, 2.45) is 0 Å². The molecule has 0 saturated heterocycles. The fourth-order valence-corrected chi connectivity index (χ4v) is 4.39. The predicted octanol–water partition coefficient (Wildman–Crippen LogP) is 4.39. The minimum Gasteiger partial charge on any atom is -0.310 e. The van der Waals surface area contributed by atoms with Crippen LogP contribution in [0, 0.1) is 6.92 Å². The topological polar surface area (TPSA) is 46.1 Å². The Kier molecular flexibility index (Phi) is 3.78. The first kappa shape index (κ1) is 16.2. The number of carbonyl (C=O) groups is 1. The quantitative estimate of drug-likeness (QED) is 0.684. The number of benzene rings is 2. The zero-order chi connectivity index (χ0) is 18.4. The van der Waals surface area contributed by atoms with E-state index in [9.17, 15) is 4.79 Å². The van der Waals surface area contributed by atoms with E-state index in [1.165, 1.54) is 16.8 Å². The Morgan fingerprint density at radius 3 is 2.59 bits per heavy atom. The van der Waals surface area contributed by atoms with Gasteiger partial charge in [-0.05, 0) is 42.9 Å². The molecular formula is C23H21N3O. The maximum Gasteiger partial charge on any atom is 0.230 e. The van der Waals surface area contributed by atoms with Crippen molar-refractivity contribution in [3.8, 4) is 0 Å². The standard InChI is InChI=1S/C23H21N3O/c1-15-22-19(13-18(14-21(22)27)16-7-3-2-4-8-16)25-23(24-15)26-12-11-17-9-5-6-10-20(17)26/h2-10,18H,11-14H2,1H3. The highest BCUT2D eigenvalue weighted by Crippen LogP contribution is 2.36. The second-order valence-corrected chi connectivity index (χ2v) is 7.40. The Hall–Kier alpha value is -3.01. The summed E-state index contributed by atoms with van der Waals surface area (Å²) < 4.78 is 0.